The first-order valence-electron chi connectivity index (χ1n) is 10.1. The summed E-state index contributed by atoms with van der Waals surface area (Å²) in [6, 6.07) is 1.93. The molecule has 31 heavy (non-hydrogen) atoms. The van der Waals surface area contributed by atoms with Crippen LogP contribution >= 0.6 is 11.3 Å². The maximum absolute atomic E-state index is 12.7. The van der Waals surface area contributed by atoms with Crippen LogP contribution in [0.25, 0.3) is 0 Å². The van der Waals surface area contributed by atoms with E-state index in [0.29, 0.717) is 27.3 Å². The van der Waals surface area contributed by atoms with Gasteiger partial charge in [-0.1, -0.05) is 30.6 Å². The molecule has 0 aliphatic carbocycles. The van der Waals surface area contributed by atoms with Gasteiger partial charge in [-0.3, -0.25) is 4.79 Å². The van der Waals surface area contributed by atoms with Crippen molar-refractivity contribution in [2.75, 3.05) is 43.4 Å². The summed E-state index contributed by atoms with van der Waals surface area (Å²) in [4.78, 5) is 31.1. The summed E-state index contributed by atoms with van der Waals surface area (Å²) in [7, 11) is 2.12. The number of nitrogens with zero attached hydrogens (tertiary/aromatic N) is 5. The maximum Gasteiger partial charge on any atom is 0.267 e. The number of aryl methyl sites for hydroxylation is 1. The van der Waals surface area contributed by atoms with Crippen molar-refractivity contribution in [3.05, 3.63) is 59.0 Å². The molecule has 2 N–H and O–H groups in total. The molecule has 1 aliphatic rings. The highest BCUT2D eigenvalue weighted by atomic mass is 32.1. The zero-order chi connectivity index (χ0) is 22.5. The van der Waals surface area contributed by atoms with Crippen molar-refractivity contribution >= 4 is 34.0 Å². The molecule has 0 atom stereocenters. The second kappa shape index (κ2) is 9.84. The molecule has 9 heteroatoms. The van der Waals surface area contributed by atoms with E-state index in [1.807, 2.05) is 26.8 Å². The highest BCUT2D eigenvalue weighted by Gasteiger charge is 2.18. The van der Waals surface area contributed by atoms with Gasteiger partial charge in [-0.25, -0.2) is 15.0 Å². The zero-order valence-corrected chi connectivity index (χ0v) is 19.3. The van der Waals surface area contributed by atoms with Gasteiger partial charge in [0.15, 0.2) is 5.13 Å². The molecule has 0 spiro atoms. The lowest BCUT2D eigenvalue weighted by Crippen LogP contribution is -2.44. The Morgan fingerprint density at radius 3 is 2.58 bits per heavy atom. The van der Waals surface area contributed by atoms with Crippen molar-refractivity contribution in [1.82, 2.24) is 25.2 Å². The van der Waals surface area contributed by atoms with Crippen LogP contribution in [0.15, 0.2) is 48.3 Å². The molecule has 2 aromatic heterocycles. The van der Waals surface area contributed by atoms with Gasteiger partial charge in [0.1, 0.15) is 22.3 Å². The molecule has 1 aliphatic heterocycles. The first kappa shape index (κ1) is 22.6. The van der Waals surface area contributed by atoms with Crippen molar-refractivity contribution in [2.45, 2.75) is 20.8 Å². The molecule has 0 unspecified atom stereocenters. The number of hydrogen-bond acceptors (Lipinski definition) is 8. The molecule has 164 valence electrons. The van der Waals surface area contributed by atoms with Crippen molar-refractivity contribution < 1.29 is 4.79 Å². The number of anilines is 3. The SMILES string of the molecule is C=C/C(C)=C(/NC(=O)c1cnc(Nc2cc(N3CCN(C)CC3)nc(C)n2)s1)C(=C)C. The smallest absolute Gasteiger partial charge is 0.267 e. The van der Waals surface area contributed by atoms with Crippen LogP contribution in [-0.4, -0.2) is 59.0 Å². The fraction of sp³-hybridized carbons (Fsp3) is 0.364. The Balaban J connectivity index is 1.73. The molecule has 3 heterocycles. The summed E-state index contributed by atoms with van der Waals surface area (Å²) >= 11 is 1.26. The lowest BCUT2D eigenvalue weighted by Gasteiger charge is -2.33. The summed E-state index contributed by atoms with van der Waals surface area (Å²) in [5, 5.41) is 6.71. The van der Waals surface area contributed by atoms with E-state index < -0.39 is 0 Å². The number of amides is 1. The number of carbonyl (C=O) groups excluding carboxylic acids is 1. The van der Waals surface area contributed by atoms with E-state index in [1.165, 1.54) is 11.3 Å². The van der Waals surface area contributed by atoms with E-state index in [-0.39, 0.29) is 5.91 Å². The van der Waals surface area contributed by atoms with Gasteiger partial charge in [0.25, 0.3) is 5.91 Å². The second-order valence-electron chi connectivity index (χ2n) is 7.60. The monoisotopic (exact) mass is 439 g/mol. The van der Waals surface area contributed by atoms with Gasteiger partial charge in [-0.15, -0.1) is 0 Å². The standard InChI is InChI=1S/C22H29N7OS/c1-7-15(4)20(14(2)3)27-21(30)17-13-23-22(31-17)26-18-12-19(25-16(5)24-18)29-10-8-28(6)9-11-29/h7,12-13H,1-2,8-11H2,3-6H3,(H,27,30)(H,23,24,25,26)/b20-15+. The van der Waals surface area contributed by atoms with E-state index in [0.717, 1.165) is 43.1 Å². The van der Waals surface area contributed by atoms with Gasteiger partial charge < -0.3 is 20.4 Å². The van der Waals surface area contributed by atoms with Crippen LogP contribution in [0.2, 0.25) is 0 Å². The number of hydrogen-bond donors (Lipinski definition) is 2. The molecule has 2 aromatic rings. The number of allylic oxidation sites excluding steroid dienone is 3. The molecule has 8 nitrogen and oxygen atoms in total. The number of nitrogens with one attached hydrogen (secondary N) is 2. The highest BCUT2D eigenvalue weighted by molar-refractivity contribution is 7.17. The fourth-order valence-electron chi connectivity index (χ4n) is 3.18. The Morgan fingerprint density at radius 2 is 1.94 bits per heavy atom. The Kier molecular flexibility index (Phi) is 7.19. The number of piperazine rings is 1. The molecule has 0 radical (unpaired) electrons. The molecule has 3 rings (SSSR count). The third kappa shape index (κ3) is 5.77. The Bertz CT molecular complexity index is 1020. The van der Waals surface area contributed by atoms with Crippen molar-refractivity contribution in [1.29, 1.82) is 0 Å². The summed E-state index contributed by atoms with van der Waals surface area (Å²) in [5.74, 6) is 2.01. The predicted molar refractivity (Wildman–Crippen MR) is 127 cm³/mol. The molecule has 0 saturated carbocycles. The molecule has 1 fully saturated rings. The molecule has 1 amide bonds. The van der Waals surface area contributed by atoms with Crippen molar-refractivity contribution in [2.24, 2.45) is 0 Å². The first-order chi connectivity index (χ1) is 14.8. The van der Waals surface area contributed by atoms with E-state index in [2.05, 4.69) is 55.6 Å². The van der Waals surface area contributed by atoms with E-state index in [4.69, 9.17) is 0 Å². The molecular formula is C22H29N7OS. The minimum Gasteiger partial charge on any atom is -0.354 e. The van der Waals surface area contributed by atoms with Crippen LogP contribution in [0.1, 0.15) is 29.3 Å². The van der Waals surface area contributed by atoms with Crippen molar-refractivity contribution in [3.8, 4) is 0 Å². The van der Waals surface area contributed by atoms with Crippen LogP contribution in [0.5, 0.6) is 0 Å². The van der Waals surface area contributed by atoms with E-state index in [1.54, 1.807) is 12.3 Å². The summed E-state index contributed by atoms with van der Waals surface area (Å²) in [6.45, 7) is 17.1. The second-order valence-corrected chi connectivity index (χ2v) is 8.63. The number of thiazole rings is 1. The third-order valence-corrected chi connectivity index (χ3v) is 5.89. The number of carbonyl (C=O) groups is 1. The van der Waals surface area contributed by atoms with Crippen molar-refractivity contribution in [3.63, 3.8) is 0 Å². The largest absolute Gasteiger partial charge is 0.354 e. The Labute approximate surface area is 187 Å². The molecule has 1 saturated heterocycles. The third-order valence-electron chi connectivity index (χ3n) is 4.98. The molecule has 0 aromatic carbocycles. The number of aromatic nitrogens is 3. The lowest BCUT2D eigenvalue weighted by molar-refractivity contribution is 0.0970. The van der Waals surface area contributed by atoms with Gasteiger partial charge >= 0.3 is 0 Å². The summed E-state index contributed by atoms with van der Waals surface area (Å²) in [6.07, 6.45) is 3.25. The molecular weight excluding hydrogens is 410 g/mol. The van der Waals surface area contributed by atoms with Gasteiger partial charge in [0.05, 0.1) is 6.20 Å². The zero-order valence-electron chi connectivity index (χ0n) is 18.5. The quantitative estimate of drug-likeness (QED) is 0.639. The number of rotatable bonds is 7. The average Bonchev–Trinajstić information content (AvgIpc) is 3.19. The van der Waals surface area contributed by atoms with Gasteiger partial charge in [-0.05, 0) is 39.0 Å². The normalized spacial score (nSPS) is 15.3. The predicted octanol–water partition coefficient (Wildman–Crippen LogP) is 3.50. The first-order valence-corrected chi connectivity index (χ1v) is 10.9. The highest BCUT2D eigenvalue weighted by Crippen LogP contribution is 2.25. The minimum absolute atomic E-state index is 0.234. The van der Waals surface area contributed by atoms with E-state index >= 15 is 0 Å². The Hall–Kier alpha value is -3.04. The van der Waals surface area contributed by atoms with E-state index in [9.17, 15) is 4.79 Å². The molecule has 0 bridgehead atoms. The average molecular weight is 440 g/mol. The summed E-state index contributed by atoms with van der Waals surface area (Å²) < 4.78 is 0. The van der Waals surface area contributed by atoms with Gasteiger partial charge in [0.2, 0.25) is 0 Å². The Morgan fingerprint density at radius 1 is 1.23 bits per heavy atom. The number of likely N-dealkylation sites (N-methyl/N-ethyl adjacent to an activating group) is 1. The van der Waals surface area contributed by atoms with Gasteiger partial charge in [-0.2, -0.15) is 0 Å². The van der Waals surface area contributed by atoms with Crippen LogP contribution in [0.4, 0.5) is 16.8 Å². The van der Waals surface area contributed by atoms with Crippen LogP contribution in [-0.2, 0) is 0 Å². The lowest BCUT2D eigenvalue weighted by atomic mass is 10.1. The topological polar surface area (TPSA) is 86.3 Å². The van der Waals surface area contributed by atoms with Crippen LogP contribution in [0.3, 0.4) is 0 Å². The minimum atomic E-state index is -0.234. The maximum atomic E-state index is 12.7. The summed E-state index contributed by atoms with van der Waals surface area (Å²) in [5.41, 5.74) is 2.30. The fourth-order valence-corrected chi connectivity index (χ4v) is 3.90. The van der Waals surface area contributed by atoms with Gasteiger partial charge in [0, 0.05) is 37.9 Å². The van der Waals surface area contributed by atoms with Crippen LogP contribution < -0.4 is 15.5 Å². The van der Waals surface area contributed by atoms with Crippen LogP contribution in [0, 0.1) is 6.92 Å².